The van der Waals surface area contributed by atoms with E-state index in [0.29, 0.717) is 5.92 Å². The van der Waals surface area contributed by atoms with Crippen molar-refractivity contribution in [3.63, 3.8) is 0 Å². The lowest BCUT2D eigenvalue weighted by atomic mass is 9.77. The molecule has 13 heavy (non-hydrogen) atoms. The molecule has 0 bridgehead atoms. The van der Waals surface area contributed by atoms with Crippen molar-refractivity contribution in [2.45, 2.75) is 58.0 Å². The highest BCUT2D eigenvalue weighted by atomic mass is 16.3. The molecule has 0 amide bonds. The van der Waals surface area contributed by atoms with Crippen molar-refractivity contribution >= 4 is 0 Å². The average molecular weight is 180 g/mol. The molecule has 0 radical (unpaired) electrons. The van der Waals surface area contributed by atoms with Gasteiger partial charge in [0, 0.05) is 6.42 Å². The molecule has 74 valence electrons. The van der Waals surface area contributed by atoms with Crippen LogP contribution in [0.2, 0.25) is 0 Å². The predicted molar refractivity (Wildman–Crippen MR) is 55.3 cm³/mol. The van der Waals surface area contributed by atoms with Gasteiger partial charge in [-0.1, -0.05) is 19.8 Å². The number of rotatable bonds is 2. The van der Waals surface area contributed by atoms with Gasteiger partial charge in [-0.15, -0.1) is 11.8 Å². The van der Waals surface area contributed by atoms with E-state index < -0.39 is 5.60 Å². The average Bonchev–Trinajstić information content (AvgIpc) is 2.04. The van der Waals surface area contributed by atoms with Gasteiger partial charge < -0.3 is 5.11 Å². The number of hydrogen-bond donors (Lipinski definition) is 1. The van der Waals surface area contributed by atoms with Gasteiger partial charge in [0.1, 0.15) is 0 Å². The maximum absolute atomic E-state index is 10.2. The summed E-state index contributed by atoms with van der Waals surface area (Å²) in [5, 5.41) is 10.2. The molecule has 0 aliphatic heterocycles. The van der Waals surface area contributed by atoms with Crippen molar-refractivity contribution in [3.05, 3.63) is 0 Å². The summed E-state index contributed by atoms with van der Waals surface area (Å²) >= 11 is 0. The molecule has 1 aliphatic carbocycles. The first kappa shape index (κ1) is 10.6. The Labute approximate surface area is 81.5 Å². The van der Waals surface area contributed by atoms with Crippen LogP contribution in [0.5, 0.6) is 0 Å². The molecule has 1 aliphatic rings. The second-order valence-electron chi connectivity index (χ2n) is 4.35. The lowest BCUT2D eigenvalue weighted by molar-refractivity contribution is -0.0187. The normalized spacial score (nSPS) is 33.6. The lowest BCUT2D eigenvalue weighted by Gasteiger charge is -2.35. The first-order valence-corrected chi connectivity index (χ1v) is 5.28. The number of hydrogen-bond acceptors (Lipinski definition) is 1. The first-order valence-electron chi connectivity index (χ1n) is 5.28. The summed E-state index contributed by atoms with van der Waals surface area (Å²) in [6, 6.07) is 0. The molecule has 0 aromatic heterocycles. The summed E-state index contributed by atoms with van der Waals surface area (Å²) in [5.74, 6) is 6.59. The third-order valence-corrected chi connectivity index (χ3v) is 2.96. The predicted octanol–water partition coefficient (Wildman–Crippen LogP) is 2.73. The molecule has 1 rings (SSSR count). The van der Waals surface area contributed by atoms with E-state index in [9.17, 15) is 5.11 Å². The van der Waals surface area contributed by atoms with Crippen molar-refractivity contribution in [3.8, 4) is 11.8 Å². The summed E-state index contributed by atoms with van der Waals surface area (Å²) in [4.78, 5) is 0. The van der Waals surface area contributed by atoms with Crippen LogP contribution in [0.25, 0.3) is 0 Å². The highest BCUT2D eigenvalue weighted by Gasteiger charge is 2.31. The smallest absolute Gasteiger partial charge is 0.0659 e. The third kappa shape index (κ3) is 3.40. The van der Waals surface area contributed by atoms with E-state index in [4.69, 9.17) is 0 Å². The molecule has 1 fully saturated rings. The van der Waals surface area contributed by atoms with E-state index in [1.54, 1.807) is 0 Å². The van der Waals surface area contributed by atoms with Crippen LogP contribution in [0, 0.1) is 17.8 Å². The van der Waals surface area contributed by atoms with Gasteiger partial charge in [-0.05, 0) is 32.1 Å². The van der Waals surface area contributed by atoms with Crippen molar-refractivity contribution in [1.82, 2.24) is 0 Å². The minimum atomic E-state index is -0.401. The Bertz CT molecular complexity index is 211. The van der Waals surface area contributed by atoms with Gasteiger partial charge in [0.05, 0.1) is 5.60 Å². The molecular weight excluding hydrogens is 160 g/mol. The van der Waals surface area contributed by atoms with Crippen LogP contribution in [0.3, 0.4) is 0 Å². The molecule has 0 aromatic carbocycles. The fourth-order valence-corrected chi connectivity index (χ4v) is 2.28. The zero-order valence-corrected chi connectivity index (χ0v) is 8.77. The van der Waals surface area contributed by atoms with Crippen LogP contribution in [-0.4, -0.2) is 10.7 Å². The molecule has 1 heteroatoms. The molecule has 2 unspecified atom stereocenters. The van der Waals surface area contributed by atoms with Gasteiger partial charge in [-0.3, -0.25) is 0 Å². The molecule has 2 atom stereocenters. The molecule has 0 aromatic rings. The van der Waals surface area contributed by atoms with Crippen LogP contribution < -0.4 is 0 Å². The Morgan fingerprint density at radius 3 is 2.92 bits per heavy atom. The van der Waals surface area contributed by atoms with Gasteiger partial charge in [-0.2, -0.15) is 0 Å². The van der Waals surface area contributed by atoms with E-state index >= 15 is 0 Å². The van der Waals surface area contributed by atoms with Crippen LogP contribution in [0.1, 0.15) is 52.4 Å². The molecule has 0 saturated heterocycles. The minimum absolute atomic E-state index is 0.401. The molecule has 1 saturated carbocycles. The molecule has 1 N–H and O–H groups in total. The first-order chi connectivity index (χ1) is 6.16. The maximum Gasteiger partial charge on any atom is 0.0659 e. The second kappa shape index (κ2) is 4.67. The molecule has 0 heterocycles. The Hall–Kier alpha value is -0.480. The standard InChI is InChI=1S/C12H20O/c1-3-4-5-8-12(13)9-6-7-11(2)10-12/h11,13H,5-10H2,1-2H3. The summed E-state index contributed by atoms with van der Waals surface area (Å²) < 4.78 is 0. The Kier molecular flexibility index (Phi) is 3.81. The highest BCUT2D eigenvalue weighted by molar-refractivity contribution is 4.97. The fourth-order valence-electron chi connectivity index (χ4n) is 2.28. The Balaban J connectivity index is 2.38. The van der Waals surface area contributed by atoms with Crippen molar-refractivity contribution in [1.29, 1.82) is 0 Å². The summed E-state index contributed by atoms with van der Waals surface area (Å²) in [5.41, 5.74) is -0.401. The minimum Gasteiger partial charge on any atom is -0.390 e. The zero-order valence-electron chi connectivity index (χ0n) is 8.77. The second-order valence-corrected chi connectivity index (χ2v) is 4.35. The van der Waals surface area contributed by atoms with Gasteiger partial charge in [-0.25, -0.2) is 0 Å². The van der Waals surface area contributed by atoms with Gasteiger partial charge in [0.2, 0.25) is 0 Å². The van der Waals surface area contributed by atoms with E-state index in [0.717, 1.165) is 25.7 Å². The third-order valence-electron chi connectivity index (χ3n) is 2.96. The van der Waals surface area contributed by atoms with E-state index in [1.165, 1.54) is 12.8 Å². The monoisotopic (exact) mass is 180 g/mol. The van der Waals surface area contributed by atoms with Crippen LogP contribution >= 0.6 is 0 Å². The summed E-state index contributed by atoms with van der Waals surface area (Å²) in [6.45, 7) is 4.09. The van der Waals surface area contributed by atoms with Gasteiger partial charge in [0.25, 0.3) is 0 Å². The molecule has 1 nitrogen and oxygen atoms in total. The Morgan fingerprint density at radius 2 is 2.31 bits per heavy atom. The van der Waals surface area contributed by atoms with Crippen molar-refractivity contribution in [2.24, 2.45) is 5.92 Å². The summed E-state index contributed by atoms with van der Waals surface area (Å²) in [7, 11) is 0. The van der Waals surface area contributed by atoms with Crippen LogP contribution in [-0.2, 0) is 0 Å². The molecular formula is C12H20O. The van der Waals surface area contributed by atoms with Gasteiger partial charge >= 0.3 is 0 Å². The van der Waals surface area contributed by atoms with E-state index in [1.807, 2.05) is 6.92 Å². The quantitative estimate of drug-likeness (QED) is 0.648. The zero-order chi connectivity index (χ0) is 9.73. The lowest BCUT2D eigenvalue weighted by Crippen LogP contribution is -2.34. The van der Waals surface area contributed by atoms with Crippen molar-refractivity contribution in [2.75, 3.05) is 0 Å². The largest absolute Gasteiger partial charge is 0.390 e. The topological polar surface area (TPSA) is 20.2 Å². The summed E-state index contributed by atoms with van der Waals surface area (Å²) in [6.07, 6.45) is 6.11. The van der Waals surface area contributed by atoms with E-state index in [-0.39, 0.29) is 0 Å². The van der Waals surface area contributed by atoms with E-state index in [2.05, 4.69) is 18.8 Å². The van der Waals surface area contributed by atoms with Gasteiger partial charge in [0.15, 0.2) is 0 Å². The maximum atomic E-state index is 10.2. The molecule has 0 spiro atoms. The Morgan fingerprint density at radius 1 is 1.54 bits per heavy atom. The SMILES string of the molecule is CC#CCCC1(O)CCCC(C)C1. The number of aliphatic hydroxyl groups is 1. The van der Waals surface area contributed by atoms with Crippen LogP contribution in [0.4, 0.5) is 0 Å². The fraction of sp³-hybridized carbons (Fsp3) is 0.833. The highest BCUT2D eigenvalue weighted by Crippen LogP contribution is 2.34. The van der Waals surface area contributed by atoms with Crippen molar-refractivity contribution < 1.29 is 5.11 Å². The van der Waals surface area contributed by atoms with Crippen LogP contribution in [0.15, 0.2) is 0 Å².